The van der Waals surface area contributed by atoms with Crippen LogP contribution in [0.5, 0.6) is 0 Å². The summed E-state index contributed by atoms with van der Waals surface area (Å²) in [4.78, 5) is 0.238. The van der Waals surface area contributed by atoms with Gasteiger partial charge in [0.15, 0.2) is 0 Å². The summed E-state index contributed by atoms with van der Waals surface area (Å²) in [6.07, 6.45) is 12.3. The second-order valence-electron chi connectivity index (χ2n) is 5.77. The van der Waals surface area contributed by atoms with E-state index in [0.717, 1.165) is 12.8 Å². The minimum Gasteiger partial charge on any atom is -0.266 e. The first-order chi connectivity index (χ1) is 10.7. The smallest absolute Gasteiger partial charge is 0.266 e. The van der Waals surface area contributed by atoms with Crippen molar-refractivity contribution in [2.75, 3.05) is 6.61 Å². The molecule has 1 radical (unpaired) electrons. The molecule has 0 unspecified atom stereocenters. The average Bonchev–Trinajstić information content (AvgIpc) is 2.53. The molecule has 1 rings (SSSR count). The Balaban J connectivity index is 0.00000484. The molecule has 0 aliphatic heterocycles. The number of hydrogen-bond acceptors (Lipinski definition) is 3. The van der Waals surface area contributed by atoms with E-state index >= 15 is 0 Å². The number of unbranched alkanes of at least 4 members (excludes halogenated alkanes) is 9. The Labute approximate surface area is 152 Å². The molecule has 0 fully saturated rings. The van der Waals surface area contributed by atoms with Crippen molar-refractivity contribution in [2.45, 2.75) is 76.0 Å². The van der Waals surface area contributed by atoms with Gasteiger partial charge in [0.1, 0.15) is 0 Å². The van der Waals surface area contributed by atoms with Crippen LogP contribution in [0, 0.1) is 0 Å². The first kappa shape index (κ1) is 22.6. The molecule has 0 atom stereocenters. The van der Waals surface area contributed by atoms with Gasteiger partial charge in [-0.25, -0.2) is 0 Å². The zero-order valence-electron chi connectivity index (χ0n) is 14.1. The summed E-state index contributed by atoms with van der Waals surface area (Å²) in [6.45, 7) is 2.52. The number of benzene rings is 1. The van der Waals surface area contributed by atoms with Crippen LogP contribution >= 0.6 is 0 Å². The molecule has 0 amide bonds. The minimum absolute atomic E-state index is 0. The van der Waals surface area contributed by atoms with Crippen LogP contribution in [-0.2, 0) is 31.4 Å². The summed E-state index contributed by atoms with van der Waals surface area (Å²) in [5, 5.41) is 0. The van der Waals surface area contributed by atoms with Crippen LogP contribution in [0.2, 0.25) is 0 Å². The molecule has 0 aliphatic rings. The Morgan fingerprint density at radius 1 is 0.783 bits per heavy atom. The van der Waals surface area contributed by atoms with Gasteiger partial charge in [0.25, 0.3) is 10.1 Å². The molecule has 0 N–H and O–H groups in total. The Morgan fingerprint density at radius 2 is 1.26 bits per heavy atom. The molecule has 0 saturated heterocycles. The van der Waals surface area contributed by atoms with Crippen LogP contribution < -0.4 is 0 Å². The molecule has 5 heteroatoms. The van der Waals surface area contributed by atoms with Crippen molar-refractivity contribution in [3.8, 4) is 0 Å². The maximum absolute atomic E-state index is 11.9. The van der Waals surface area contributed by atoms with Crippen molar-refractivity contribution in [2.24, 2.45) is 0 Å². The van der Waals surface area contributed by atoms with Crippen LogP contribution in [-0.4, -0.2) is 15.0 Å². The molecule has 1 aromatic carbocycles. The number of hydrogen-bond donors (Lipinski definition) is 0. The van der Waals surface area contributed by atoms with Crippen LogP contribution in [0.3, 0.4) is 0 Å². The molecule has 0 spiro atoms. The van der Waals surface area contributed by atoms with Gasteiger partial charge in [-0.3, -0.25) is 4.18 Å². The number of rotatable bonds is 13. The summed E-state index contributed by atoms with van der Waals surface area (Å²) >= 11 is 0. The maximum Gasteiger partial charge on any atom is 0.296 e. The molecule has 0 heterocycles. The van der Waals surface area contributed by atoms with Gasteiger partial charge in [0, 0.05) is 17.1 Å². The Kier molecular flexibility index (Phi) is 13.8. The normalized spacial score (nSPS) is 11.2. The quantitative estimate of drug-likeness (QED) is 0.261. The average molecular weight is 390 g/mol. The fraction of sp³-hybridized carbons (Fsp3) is 0.667. The maximum atomic E-state index is 11.9. The van der Waals surface area contributed by atoms with Crippen molar-refractivity contribution in [3.05, 3.63) is 30.3 Å². The van der Waals surface area contributed by atoms with Gasteiger partial charge in [-0.05, 0) is 18.6 Å². The van der Waals surface area contributed by atoms with Crippen LogP contribution in [0.25, 0.3) is 0 Å². The SMILES string of the molecule is CCCCCCCCCCCCOS(=O)(=O)c1ccccc1.[Cu]. The van der Waals surface area contributed by atoms with Crippen LogP contribution in [0.15, 0.2) is 35.2 Å². The molecule has 1 aromatic rings. The van der Waals surface area contributed by atoms with E-state index in [1.54, 1.807) is 30.3 Å². The topological polar surface area (TPSA) is 43.4 Å². The van der Waals surface area contributed by atoms with Crippen LogP contribution in [0.1, 0.15) is 71.1 Å². The van der Waals surface area contributed by atoms with E-state index in [-0.39, 0.29) is 28.6 Å². The predicted molar refractivity (Wildman–Crippen MR) is 91.4 cm³/mol. The largest absolute Gasteiger partial charge is 0.296 e. The van der Waals surface area contributed by atoms with Crippen molar-refractivity contribution in [1.29, 1.82) is 0 Å². The summed E-state index contributed by atoms with van der Waals surface area (Å²) in [5.41, 5.74) is 0. The fourth-order valence-corrected chi connectivity index (χ4v) is 3.38. The molecule has 0 aromatic heterocycles. The zero-order valence-corrected chi connectivity index (χ0v) is 15.9. The van der Waals surface area contributed by atoms with E-state index in [4.69, 9.17) is 4.18 Å². The standard InChI is InChI=1S/C18H30O3S.Cu/c1-2-3-4-5-6-7-8-9-10-14-17-21-22(19,20)18-15-12-11-13-16-18;/h11-13,15-16H,2-10,14,17H2,1H3;. The third kappa shape index (κ3) is 10.9. The van der Waals surface area contributed by atoms with Crippen molar-refractivity contribution in [3.63, 3.8) is 0 Å². The summed E-state index contributed by atoms with van der Waals surface area (Å²) in [6, 6.07) is 8.33. The minimum atomic E-state index is -3.57. The Hall–Kier alpha value is -0.351. The van der Waals surface area contributed by atoms with Crippen molar-refractivity contribution < 1.29 is 29.7 Å². The van der Waals surface area contributed by atoms with Gasteiger partial charge in [-0.2, -0.15) is 8.42 Å². The van der Waals surface area contributed by atoms with Gasteiger partial charge in [-0.1, -0.05) is 82.9 Å². The van der Waals surface area contributed by atoms with Gasteiger partial charge in [0.2, 0.25) is 0 Å². The van der Waals surface area contributed by atoms with Crippen LogP contribution in [0.4, 0.5) is 0 Å². The molecular formula is C18H30CuO3S. The third-order valence-corrected chi connectivity index (χ3v) is 5.09. The molecule has 0 saturated carbocycles. The monoisotopic (exact) mass is 389 g/mol. The molecule has 0 bridgehead atoms. The van der Waals surface area contributed by atoms with Gasteiger partial charge < -0.3 is 0 Å². The predicted octanol–water partition coefficient (Wildman–Crippen LogP) is 5.31. The first-order valence-electron chi connectivity index (χ1n) is 8.61. The molecule has 3 nitrogen and oxygen atoms in total. The van der Waals surface area contributed by atoms with Gasteiger partial charge in [0.05, 0.1) is 11.5 Å². The van der Waals surface area contributed by atoms with Gasteiger partial charge in [-0.15, -0.1) is 0 Å². The van der Waals surface area contributed by atoms with E-state index in [0.29, 0.717) is 0 Å². The summed E-state index contributed by atoms with van der Waals surface area (Å²) < 4.78 is 28.8. The second-order valence-corrected chi connectivity index (χ2v) is 7.39. The van der Waals surface area contributed by atoms with Crippen molar-refractivity contribution >= 4 is 10.1 Å². The Morgan fingerprint density at radius 3 is 1.78 bits per heavy atom. The molecule has 137 valence electrons. The van der Waals surface area contributed by atoms with Gasteiger partial charge >= 0.3 is 0 Å². The van der Waals surface area contributed by atoms with E-state index in [1.165, 1.54) is 51.4 Å². The Bertz CT molecular complexity index is 474. The molecule has 23 heavy (non-hydrogen) atoms. The first-order valence-corrected chi connectivity index (χ1v) is 10.0. The molecular weight excluding hydrogens is 360 g/mol. The van der Waals surface area contributed by atoms with E-state index < -0.39 is 10.1 Å². The van der Waals surface area contributed by atoms with Crippen molar-refractivity contribution in [1.82, 2.24) is 0 Å². The van der Waals surface area contributed by atoms with E-state index in [9.17, 15) is 8.42 Å². The summed E-state index contributed by atoms with van der Waals surface area (Å²) in [7, 11) is -3.57. The second kappa shape index (κ2) is 14.0. The summed E-state index contributed by atoms with van der Waals surface area (Å²) in [5.74, 6) is 0. The third-order valence-electron chi connectivity index (χ3n) is 3.77. The fourth-order valence-electron chi connectivity index (χ4n) is 2.41. The zero-order chi connectivity index (χ0) is 16.1. The van der Waals surface area contributed by atoms with E-state index in [1.807, 2.05) is 0 Å². The molecule has 0 aliphatic carbocycles. The van der Waals surface area contributed by atoms with E-state index in [2.05, 4.69) is 6.92 Å².